The summed E-state index contributed by atoms with van der Waals surface area (Å²) >= 11 is 0. The van der Waals surface area contributed by atoms with Gasteiger partial charge in [-0.1, -0.05) is 6.07 Å². The molecule has 2 aliphatic heterocycles. The number of nitrogens with zero attached hydrogens (tertiary/aromatic N) is 3. The van der Waals surface area contributed by atoms with Gasteiger partial charge in [-0.15, -0.1) is 0 Å². The molecule has 2 heterocycles. The quantitative estimate of drug-likeness (QED) is 0.564. The SMILES string of the molecule is COc1ccc([C@@]23CC[C@H](NC(=O)NCCCN4CCN(C)CC4)C[C@H]2N(C)CC3)cc1OC. The Bertz CT molecular complexity index is 829. The van der Waals surface area contributed by atoms with Crippen molar-refractivity contribution in [1.82, 2.24) is 25.3 Å². The van der Waals surface area contributed by atoms with Crippen molar-refractivity contribution >= 4 is 6.03 Å². The predicted molar refractivity (Wildman–Crippen MR) is 135 cm³/mol. The molecule has 1 saturated carbocycles. The summed E-state index contributed by atoms with van der Waals surface area (Å²) in [5, 5.41) is 6.35. The second-order valence-electron chi connectivity index (χ2n) is 10.3. The van der Waals surface area contributed by atoms with Gasteiger partial charge in [0.2, 0.25) is 0 Å². The van der Waals surface area contributed by atoms with Crippen molar-refractivity contribution in [3.8, 4) is 11.5 Å². The zero-order valence-electron chi connectivity index (χ0n) is 21.4. The van der Waals surface area contributed by atoms with Crippen LogP contribution in [0.15, 0.2) is 18.2 Å². The van der Waals surface area contributed by atoms with Crippen LogP contribution in [0.3, 0.4) is 0 Å². The Morgan fingerprint density at radius 1 is 1.06 bits per heavy atom. The highest BCUT2D eigenvalue weighted by atomic mass is 16.5. The Morgan fingerprint density at radius 3 is 2.56 bits per heavy atom. The van der Waals surface area contributed by atoms with E-state index in [4.69, 9.17) is 9.47 Å². The number of methoxy groups -OCH3 is 2. The second-order valence-corrected chi connectivity index (χ2v) is 10.3. The molecular formula is C26H43N5O3. The van der Waals surface area contributed by atoms with Crippen LogP contribution in [0.5, 0.6) is 11.5 Å². The molecule has 0 bridgehead atoms. The van der Waals surface area contributed by atoms with Crippen LogP contribution >= 0.6 is 0 Å². The molecule has 0 aromatic heterocycles. The lowest BCUT2D eigenvalue weighted by Crippen LogP contribution is -2.53. The minimum absolute atomic E-state index is 0.0253. The molecule has 3 atom stereocenters. The zero-order chi connectivity index (χ0) is 24.1. The third-order valence-corrected chi connectivity index (χ3v) is 8.35. The van der Waals surface area contributed by atoms with Gasteiger partial charge in [-0.25, -0.2) is 4.79 Å². The summed E-state index contributed by atoms with van der Waals surface area (Å²) in [4.78, 5) is 19.9. The van der Waals surface area contributed by atoms with Gasteiger partial charge in [0.05, 0.1) is 14.2 Å². The van der Waals surface area contributed by atoms with Gasteiger partial charge in [0.1, 0.15) is 0 Å². The molecule has 1 aliphatic carbocycles. The summed E-state index contributed by atoms with van der Waals surface area (Å²) in [5.41, 5.74) is 1.43. The average molecular weight is 474 g/mol. The summed E-state index contributed by atoms with van der Waals surface area (Å²) < 4.78 is 11.0. The average Bonchev–Trinajstić information content (AvgIpc) is 3.19. The van der Waals surface area contributed by atoms with E-state index < -0.39 is 0 Å². The van der Waals surface area contributed by atoms with Crippen LogP contribution in [0.1, 0.15) is 37.7 Å². The molecular weight excluding hydrogens is 430 g/mol. The van der Waals surface area contributed by atoms with Crippen LogP contribution in [0.4, 0.5) is 4.79 Å². The number of fused-ring (bicyclic) bond motifs is 1. The number of likely N-dealkylation sites (tertiary alicyclic amines) is 1. The fraction of sp³-hybridized carbons (Fsp3) is 0.731. The van der Waals surface area contributed by atoms with E-state index in [1.165, 1.54) is 5.56 Å². The Balaban J connectivity index is 1.29. The first-order valence-corrected chi connectivity index (χ1v) is 12.8. The molecule has 2 N–H and O–H groups in total. The van der Waals surface area contributed by atoms with Crippen LogP contribution in [0.25, 0.3) is 0 Å². The molecule has 8 nitrogen and oxygen atoms in total. The standard InChI is InChI=1S/C26H43N5O3/c1-29-14-16-31(17-15-29)12-5-11-27-25(32)28-21-8-9-26(10-13-30(2)24(26)19-21)20-6-7-22(33-3)23(18-20)34-4/h6-7,18,21,24H,5,8-17,19H2,1-4H3,(H2,27,28,32)/t21-,24+,26-/m0/s1. The number of rotatable bonds is 8. The first-order valence-electron chi connectivity index (χ1n) is 12.8. The van der Waals surface area contributed by atoms with Gasteiger partial charge in [-0.2, -0.15) is 0 Å². The van der Waals surface area contributed by atoms with Gasteiger partial charge >= 0.3 is 6.03 Å². The number of likely N-dealkylation sites (N-methyl/N-ethyl adjacent to an activating group) is 2. The first-order chi connectivity index (χ1) is 16.4. The number of carbonyl (C=O) groups excluding carboxylic acids is 1. The lowest BCUT2D eigenvalue weighted by molar-refractivity contribution is 0.151. The zero-order valence-corrected chi connectivity index (χ0v) is 21.4. The second kappa shape index (κ2) is 11.1. The molecule has 190 valence electrons. The summed E-state index contributed by atoms with van der Waals surface area (Å²) in [6, 6.07) is 6.97. The maximum atomic E-state index is 12.6. The highest BCUT2D eigenvalue weighted by Gasteiger charge is 2.50. The van der Waals surface area contributed by atoms with Crippen molar-refractivity contribution in [2.75, 3.05) is 74.1 Å². The van der Waals surface area contributed by atoms with E-state index in [1.807, 2.05) is 6.07 Å². The lowest BCUT2D eigenvalue weighted by Gasteiger charge is -2.45. The molecule has 3 aliphatic rings. The molecule has 34 heavy (non-hydrogen) atoms. The molecule has 2 amide bonds. The van der Waals surface area contributed by atoms with Crippen LogP contribution in [0.2, 0.25) is 0 Å². The third-order valence-electron chi connectivity index (χ3n) is 8.35. The number of piperazine rings is 1. The van der Waals surface area contributed by atoms with E-state index in [1.54, 1.807) is 14.2 Å². The predicted octanol–water partition coefficient (Wildman–Crippen LogP) is 2.13. The number of nitrogens with one attached hydrogen (secondary N) is 2. The third kappa shape index (κ3) is 5.44. The van der Waals surface area contributed by atoms with Gasteiger partial charge in [-0.05, 0) is 77.0 Å². The minimum Gasteiger partial charge on any atom is -0.493 e. The van der Waals surface area contributed by atoms with E-state index >= 15 is 0 Å². The van der Waals surface area contributed by atoms with Crippen LogP contribution in [-0.4, -0.2) is 107 Å². The highest BCUT2D eigenvalue weighted by molar-refractivity contribution is 5.74. The normalized spacial score (nSPS) is 28.4. The topological polar surface area (TPSA) is 69.3 Å². The molecule has 3 fully saturated rings. The maximum Gasteiger partial charge on any atom is 0.315 e. The van der Waals surface area contributed by atoms with Crippen LogP contribution in [-0.2, 0) is 5.41 Å². The van der Waals surface area contributed by atoms with E-state index in [2.05, 4.69) is 51.6 Å². The van der Waals surface area contributed by atoms with Crippen LogP contribution in [0, 0.1) is 0 Å². The molecule has 8 heteroatoms. The molecule has 0 unspecified atom stereocenters. The van der Waals surface area contributed by atoms with Crippen molar-refractivity contribution in [2.45, 2.75) is 49.6 Å². The van der Waals surface area contributed by atoms with Gasteiger partial charge in [-0.3, -0.25) is 0 Å². The van der Waals surface area contributed by atoms with Crippen molar-refractivity contribution < 1.29 is 14.3 Å². The van der Waals surface area contributed by atoms with E-state index in [0.29, 0.717) is 6.04 Å². The number of hydrogen-bond donors (Lipinski definition) is 2. The monoisotopic (exact) mass is 473 g/mol. The number of amides is 2. The lowest BCUT2D eigenvalue weighted by atomic mass is 9.65. The first kappa shape index (κ1) is 25.1. The summed E-state index contributed by atoms with van der Waals surface area (Å²) in [6.45, 7) is 7.38. The number of ether oxygens (including phenoxy) is 2. The van der Waals surface area contributed by atoms with Gasteiger partial charge in [0.15, 0.2) is 11.5 Å². The Labute approximate surface area is 204 Å². The summed E-state index contributed by atoms with van der Waals surface area (Å²) in [7, 11) is 7.77. The summed E-state index contributed by atoms with van der Waals surface area (Å²) in [6.07, 6.45) is 5.16. The number of benzene rings is 1. The smallest absolute Gasteiger partial charge is 0.315 e. The fourth-order valence-electron chi connectivity index (χ4n) is 6.21. The Kier molecular flexibility index (Phi) is 8.22. The molecule has 1 aromatic rings. The number of hydrogen-bond acceptors (Lipinski definition) is 6. The van der Waals surface area contributed by atoms with Gasteiger partial charge in [0.25, 0.3) is 0 Å². The molecule has 0 spiro atoms. The van der Waals surface area contributed by atoms with E-state index in [0.717, 1.165) is 89.4 Å². The highest BCUT2D eigenvalue weighted by Crippen LogP contribution is 2.49. The molecule has 0 radical (unpaired) electrons. The number of carbonyl (C=O) groups is 1. The Hall–Kier alpha value is -2.03. The summed E-state index contributed by atoms with van der Waals surface area (Å²) in [5.74, 6) is 1.56. The minimum atomic E-state index is -0.0253. The van der Waals surface area contributed by atoms with Crippen molar-refractivity contribution in [2.24, 2.45) is 0 Å². The maximum absolute atomic E-state index is 12.6. The largest absolute Gasteiger partial charge is 0.493 e. The fourth-order valence-corrected chi connectivity index (χ4v) is 6.21. The molecule has 4 rings (SSSR count). The van der Waals surface area contributed by atoms with Gasteiger partial charge in [0, 0.05) is 50.2 Å². The van der Waals surface area contributed by atoms with Crippen molar-refractivity contribution in [1.29, 1.82) is 0 Å². The Morgan fingerprint density at radius 2 is 1.82 bits per heavy atom. The molecule has 2 saturated heterocycles. The van der Waals surface area contributed by atoms with E-state index in [-0.39, 0.29) is 17.5 Å². The number of urea groups is 1. The van der Waals surface area contributed by atoms with Gasteiger partial charge < -0.3 is 34.8 Å². The van der Waals surface area contributed by atoms with Crippen LogP contribution < -0.4 is 20.1 Å². The van der Waals surface area contributed by atoms with Crippen molar-refractivity contribution in [3.63, 3.8) is 0 Å². The van der Waals surface area contributed by atoms with E-state index in [9.17, 15) is 4.79 Å². The van der Waals surface area contributed by atoms with Crippen molar-refractivity contribution in [3.05, 3.63) is 23.8 Å². The molecule has 1 aromatic carbocycles.